The molecule has 0 radical (unpaired) electrons. The molecule has 1 aromatic rings. The fourth-order valence-electron chi connectivity index (χ4n) is 3.93. The number of benzene rings is 1. The van der Waals surface area contributed by atoms with E-state index in [0.29, 0.717) is 6.04 Å². The van der Waals surface area contributed by atoms with E-state index < -0.39 is 0 Å². The van der Waals surface area contributed by atoms with Gasteiger partial charge in [-0.1, -0.05) is 50.5 Å². The summed E-state index contributed by atoms with van der Waals surface area (Å²) in [6.07, 6.45) is 8.15. The van der Waals surface area contributed by atoms with Crippen LogP contribution in [-0.2, 0) is 6.54 Å². The molecule has 1 aromatic carbocycles. The second-order valence-corrected chi connectivity index (χ2v) is 6.52. The van der Waals surface area contributed by atoms with Gasteiger partial charge in [0.05, 0.1) is 0 Å². The van der Waals surface area contributed by atoms with Crippen molar-refractivity contribution in [1.82, 2.24) is 10.6 Å². The van der Waals surface area contributed by atoms with E-state index in [9.17, 15) is 0 Å². The number of hydrogen-bond donors (Lipinski definition) is 2. The standard InChI is InChI=1S/C18H28N2/c1-2-14-6-5-8-16(12-14)20-18-10-11-19-13-15-7-3-4-9-17(15)18/h3-4,7,9,14,16,18-20H,2,5-6,8,10-13H2,1H3. The highest BCUT2D eigenvalue weighted by Crippen LogP contribution is 2.30. The van der Waals surface area contributed by atoms with Gasteiger partial charge in [0.15, 0.2) is 0 Å². The molecule has 3 rings (SSSR count). The van der Waals surface area contributed by atoms with Crippen LogP contribution in [0.15, 0.2) is 24.3 Å². The molecule has 3 unspecified atom stereocenters. The lowest BCUT2D eigenvalue weighted by molar-refractivity contribution is 0.259. The van der Waals surface area contributed by atoms with Crippen molar-refractivity contribution in [3.05, 3.63) is 35.4 Å². The Morgan fingerprint density at radius 2 is 2.10 bits per heavy atom. The quantitative estimate of drug-likeness (QED) is 0.875. The second kappa shape index (κ2) is 6.73. The lowest BCUT2D eigenvalue weighted by atomic mass is 9.83. The Hall–Kier alpha value is -0.860. The minimum atomic E-state index is 0.543. The third-order valence-electron chi connectivity index (χ3n) is 5.15. The highest BCUT2D eigenvalue weighted by molar-refractivity contribution is 5.31. The van der Waals surface area contributed by atoms with E-state index in [-0.39, 0.29) is 0 Å². The van der Waals surface area contributed by atoms with Crippen LogP contribution in [0.25, 0.3) is 0 Å². The van der Waals surface area contributed by atoms with Gasteiger partial charge >= 0.3 is 0 Å². The molecular weight excluding hydrogens is 244 g/mol. The molecule has 20 heavy (non-hydrogen) atoms. The van der Waals surface area contributed by atoms with Crippen molar-refractivity contribution in [2.24, 2.45) is 5.92 Å². The molecular formula is C18H28N2. The molecule has 1 aliphatic heterocycles. The van der Waals surface area contributed by atoms with Crippen molar-refractivity contribution in [1.29, 1.82) is 0 Å². The summed E-state index contributed by atoms with van der Waals surface area (Å²) in [6, 6.07) is 10.2. The molecule has 0 saturated heterocycles. The molecule has 1 aliphatic carbocycles. The van der Waals surface area contributed by atoms with Gasteiger partial charge in [-0.25, -0.2) is 0 Å². The zero-order chi connectivity index (χ0) is 13.8. The Balaban J connectivity index is 1.70. The van der Waals surface area contributed by atoms with E-state index in [0.717, 1.165) is 25.0 Å². The van der Waals surface area contributed by atoms with Crippen LogP contribution >= 0.6 is 0 Å². The molecule has 1 fully saturated rings. The zero-order valence-corrected chi connectivity index (χ0v) is 12.7. The average molecular weight is 272 g/mol. The Morgan fingerprint density at radius 3 is 3.00 bits per heavy atom. The zero-order valence-electron chi connectivity index (χ0n) is 12.7. The summed E-state index contributed by atoms with van der Waals surface area (Å²) in [7, 11) is 0. The first-order valence-corrected chi connectivity index (χ1v) is 8.41. The maximum absolute atomic E-state index is 3.98. The molecule has 2 aliphatic rings. The lowest BCUT2D eigenvalue weighted by Gasteiger charge is -2.32. The molecule has 110 valence electrons. The largest absolute Gasteiger partial charge is 0.313 e. The molecule has 1 saturated carbocycles. The number of fused-ring (bicyclic) bond motifs is 1. The fourth-order valence-corrected chi connectivity index (χ4v) is 3.93. The monoisotopic (exact) mass is 272 g/mol. The van der Waals surface area contributed by atoms with E-state index in [1.54, 1.807) is 0 Å². The summed E-state index contributed by atoms with van der Waals surface area (Å²) in [4.78, 5) is 0. The summed E-state index contributed by atoms with van der Waals surface area (Å²) < 4.78 is 0. The molecule has 3 atom stereocenters. The fraction of sp³-hybridized carbons (Fsp3) is 0.667. The van der Waals surface area contributed by atoms with E-state index in [1.807, 2.05) is 0 Å². The predicted molar refractivity (Wildman–Crippen MR) is 84.7 cm³/mol. The van der Waals surface area contributed by atoms with Crippen LogP contribution in [0.4, 0.5) is 0 Å². The van der Waals surface area contributed by atoms with Gasteiger partial charge in [0.25, 0.3) is 0 Å². The van der Waals surface area contributed by atoms with Gasteiger partial charge in [-0.3, -0.25) is 0 Å². The summed E-state index contributed by atoms with van der Waals surface area (Å²) in [5, 5.41) is 7.53. The van der Waals surface area contributed by atoms with Crippen molar-refractivity contribution in [2.45, 2.75) is 64.1 Å². The maximum atomic E-state index is 3.98. The normalized spacial score (nSPS) is 30.6. The van der Waals surface area contributed by atoms with Crippen molar-refractivity contribution in [2.75, 3.05) is 6.54 Å². The molecule has 1 heterocycles. The minimum absolute atomic E-state index is 0.543. The molecule has 2 nitrogen and oxygen atoms in total. The minimum Gasteiger partial charge on any atom is -0.313 e. The van der Waals surface area contributed by atoms with Gasteiger partial charge < -0.3 is 10.6 Å². The summed E-state index contributed by atoms with van der Waals surface area (Å²) in [5.41, 5.74) is 3.00. The first-order chi connectivity index (χ1) is 9.86. The van der Waals surface area contributed by atoms with Crippen molar-refractivity contribution in [3.63, 3.8) is 0 Å². The van der Waals surface area contributed by atoms with Gasteiger partial charge in [-0.15, -0.1) is 0 Å². The Labute approximate surface area is 123 Å². The highest BCUT2D eigenvalue weighted by Gasteiger charge is 2.25. The van der Waals surface area contributed by atoms with Crippen LogP contribution in [0, 0.1) is 5.92 Å². The average Bonchev–Trinajstić information content (AvgIpc) is 2.70. The van der Waals surface area contributed by atoms with Crippen LogP contribution in [-0.4, -0.2) is 12.6 Å². The van der Waals surface area contributed by atoms with Gasteiger partial charge in [0.1, 0.15) is 0 Å². The maximum Gasteiger partial charge on any atom is 0.0337 e. The van der Waals surface area contributed by atoms with Crippen LogP contribution < -0.4 is 10.6 Å². The van der Waals surface area contributed by atoms with Gasteiger partial charge in [0.2, 0.25) is 0 Å². The van der Waals surface area contributed by atoms with Gasteiger partial charge in [0, 0.05) is 18.6 Å². The first kappa shape index (κ1) is 14.1. The van der Waals surface area contributed by atoms with Gasteiger partial charge in [-0.2, -0.15) is 0 Å². The van der Waals surface area contributed by atoms with E-state index in [2.05, 4.69) is 41.8 Å². The van der Waals surface area contributed by atoms with Gasteiger partial charge in [-0.05, 0) is 42.9 Å². The smallest absolute Gasteiger partial charge is 0.0337 e. The molecule has 0 amide bonds. The Morgan fingerprint density at radius 1 is 1.20 bits per heavy atom. The second-order valence-electron chi connectivity index (χ2n) is 6.52. The topological polar surface area (TPSA) is 24.1 Å². The number of nitrogens with one attached hydrogen (secondary N) is 2. The van der Waals surface area contributed by atoms with Crippen LogP contribution in [0.5, 0.6) is 0 Å². The lowest BCUT2D eigenvalue weighted by Crippen LogP contribution is -2.37. The van der Waals surface area contributed by atoms with Crippen LogP contribution in [0.3, 0.4) is 0 Å². The molecule has 0 bridgehead atoms. The SMILES string of the molecule is CCC1CCCC(NC2CCNCc3ccccc32)C1. The Bertz CT molecular complexity index is 429. The molecule has 0 aromatic heterocycles. The van der Waals surface area contributed by atoms with Crippen molar-refractivity contribution in [3.8, 4) is 0 Å². The van der Waals surface area contributed by atoms with Crippen molar-refractivity contribution >= 4 is 0 Å². The third kappa shape index (κ3) is 3.24. The number of rotatable bonds is 3. The highest BCUT2D eigenvalue weighted by atomic mass is 15.0. The molecule has 0 spiro atoms. The van der Waals surface area contributed by atoms with E-state index >= 15 is 0 Å². The van der Waals surface area contributed by atoms with E-state index in [1.165, 1.54) is 49.7 Å². The summed E-state index contributed by atoms with van der Waals surface area (Å²) >= 11 is 0. The number of hydrogen-bond acceptors (Lipinski definition) is 2. The van der Waals surface area contributed by atoms with Crippen molar-refractivity contribution < 1.29 is 0 Å². The first-order valence-electron chi connectivity index (χ1n) is 8.41. The molecule has 2 heteroatoms. The molecule has 2 N–H and O–H groups in total. The predicted octanol–water partition coefficient (Wildman–Crippen LogP) is 3.78. The van der Waals surface area contributed by atoms with Crippen LogP contribution in [0.2, 0.25) is 0 Å². The summed E-state index contributed by atoms with van der Waals surface area (Å²) in [5.74, 6) is 0.945. The third-order valence-corrected chi connectivity index (χ3v) is 5.15. The van der Waals surface area contributed by atoms with Crippen LogP contribution in [0.1, 0.15) is 62.6 Å². The van der Waals surface area contributed by atoms with E-state index in [4.69, 9.17) is 0 Å². The Kier molecular flexibility index (Phi) is 4.74. The summed E-state index contributed by atoms with van der Waals surface area (Å²) in [6.45, 7) is 4.49.